The van der Waals surface area contributed by atoms with Gasteiger partial charge in [-0.25, -0.2) is 4.57 Å². The molecule has 2 N–H and O–H groups in total. The Labute approximate surface area is 95.6 Å². The van der Waals surface area contributed by atoms with Crippen LogP contribution in [0.25, 0.3) is 0 Å². The molecule has 2 unspecified atom stereocenters. The van der Waals surface area contributed by atoms with Crippen molar-refractivity contribution in [2.75, 3.05) is 47.6 Å². The normalized spacial score (nSPS) is 17.0. The molecular formula is C8H20NO6P. The zero-order chi connectivity index (χ0) is 12.4. The fourth-order valence-electron chi connectivity index (χ4n) is 0.848. The van der Waals surface area contributed by atoms with Crippen LogP contribution in [0.1, 0.15) is 0 Å². The van der Waals surface area contributed by atoms with E-state index < -0.39 is 13.9 Å². The first-order valence-corrected chi connectivity index (χ1v) is 6.33. The topological polar surface area (TPSA) is 86.3 Å². The van der Waals surface area contributed by atoms with Crippen molar-refractivity contribution in [1.29, 1.82) is 0 Å². The molecule has 0 heterocycles. The lowest BCUT2D eigenvalue weighted by Crippen LogP contribution is -2.23. The van der Waals surface area contributed by atoms with Crippen LogP contribution in [0, 0.1) is 0 Å². The van der Waals surface area contributed by atoms with Gasteiger partial charge in [0.05, 0.1) is 19.8 Å². The fourth-order valence-corrected chi connectivity index (χ4v) is 1.60. The van der Waals surface area contributed by atoms with Gasteiger partial charge in [-0.2, -0.15) is 0 Å². The molecule has 0 rings (SSSR count). The average molecular weight is 257 g/mol. The van der Waals surface area contributed by atoms with Crippen LogP contribution in [0.15, 0.2) is 0 Å². The number of phosphoric ester groups is 1. The highest BCUT2D eigenvalue weighted by molar-refractivity contribution is 7.47. The Hall–Kier alpha value is -0.0100. The molecule has 0 radical (unpaired) electrons. The van der Waals surface area contributed by atoms with Gasteiger partial charge in [-0.05, 0) is 7.05 Å². The molecular weight excluding hydrogens is 237 g/mol. The Kier molecular flexibility index (Phi) is 9.06. The molecule has 2 atom stereocenters. The van der Waals surface area contributed by atoms with E-state index in [2.05, 4.69) is 9.84 Å². The van der Waals surface area contributed by atoms with E-state index >= 15 is 0 Å². The van der Waals surface area contributed by atoms with Gasteiger partial charge in [0.25, 0.3) is 0 Å². The molecule has 16 heavy (non-hydrogen) atoms. The fraction of sp³-hybridized carbons (Fsp3) is 1.00. The molecule has 98 valence electrons. The Morgan fingerprint density at radius 3 is 2.50 bits per heavy atom. The number of methoxy groups -OCH3 is 2. The second-order valence-electron chi connectivity index (χ2n) is 3.01. The predicted molar refractivity (Wildman–Crippen MR) is 58.3 cm³/mol. The first-order valence-electron chi connectivity index (χ1n) is 4.84. The minimum Gasteiger partial charge on any atom is -0.382 e. The first kappa shape index (κ1) is 16.0. The Morgan fingerprint density at radius 1 is 1.31 bits per heavy atom. The Morgan fingerprint density at radius 2 is 2.00 bits per heavy atom. The van der Waals surface area contributed by atoms with Crippen molar-refractivity contribution in [3.05, 3.63) is 0 Å². The number of ether oxygens (including phenoxy) is 2. The van der Waals surface area contributed by atoms with Crippen molar-refractivity contribution in [3.8, 4) is 0 Å². The van der Waals surface area contributed by atoms with Crippen LogP contribution in [-0.4, -0.2) is 58.6 Å². The summed E-state index contributed by atoms with van der Waals surface area (Å²) in [6.45, 7) is 0.802. The van der Waals surface area contributed by atoms with Crippen molar-refractivity contribution in [1.82, 2.24) is 5.32 Å². The summed E-state index contributed by atoms with van der Waals surface area (Å²) in [7, 11) is 0.703. The van der Waals surface area contributed by atoms with Gasteiger partial charge in [0.1, 0.15) is 6.10 Å². The van der Waals surface area contributed by atoms with E-state index in [0.717, 1.165) is 0 Å². The van der Waals surface area contributed by atoms with Crippen LogP contribution in [-0.2, 0) is 23.1 Å². The summed E-state index contributed by atoms with van der Waals surface area (Å²) in [5.74, 6) is 0. The monoisotopic (exact) mass is 257 g/mol. The summed E-state index contributed by atoms with van der Waals surface area (Å²) in [5.41, 5.74) is 0. The summed E-state index contributed by atoms with van der Waals surface area (Å²) < 4.78 is 30.5. The maximum absolute atomic E-state index is 11.3. The minimum atomic E-state index is -3.99. The number of nitrogens with one attached hydrogen (secondary N) is 1. The van der Waals surface area contributed by atoms with Gasteiger partial charge in [-0.3, -0.25) is 9.05 Å². The highest BCUT2D eigenvalue weighted by atomic mass is 31.2. The first-order chi connectivity index (χ1) is 7.55. The molecule has 0 saturated carbocycles. The van der Waals surface area contributed by atoms with Crippen molar-refractivity contribution in [2.24, 2.45) is 0 Å². The van der Waals surface area contributed by atoms with E-state index in [1.54, 1.807) is 7.05 Å². The molecule has 7 nitrogen and oxygen atoms in total. The molecule has 0 aromatic rings. The average Bonchev–Trinajstić information content (AvgIpc) is 2.24. The Bertz CT molecular complexity index is 215. The number of rotatable bonds is 10. The largest absolute Gasteiger partial charge is 0.472 e. The summed E-state index contributed by atoms with van der Waals surface area (Å²) in [6.07, 6.45) is -0.390. The van der Waals surface area contributed by atoms with Crippen LogP contribution in [0.2, 0.25) is 0 Å². The lowest BCUT2D eigenvalue weighted by Gasteiger charge is -2.17. The van der Waals surface area contributed by atoms with Gasteiger partial charge in [-0.15, -0.1) is 0 Å². The van der Waals surface area contributed by atoms with Crippen molar-refractivity contribution in [2.45, 2.75) is 6.10 Å². The number of hydrogen-bond donors (Lipinski definition) is 2. The Balaban J connectivity index is 3.82. The molecule has 0 saturated heterocycles. The third-order valence-electron chi connectivity index (χ3n) is 1.72. The third kappa shape index (κ3) is 8.18. The van der Waals surface area contributed by atoms with E-state index in [1.165, 1.54) is 14.2 Å². The van der Waals surface area contributed by atoms with Gasteiger partial charge >= 0.3 is 7.82 Å². The summed E-state index contributed by atoms with van der Waals surface area (Å²) in [4.78, 5) is 9.24. The molecule has 0 spiro atoms. The lowest BCUT2D eigenvalue weighted by molar-refractivity contribution is -0.00792. The highest BCUT2D eigenvalue weighted by Crippen LogP contribution is 2.42. The van der Waals surface area contributed by atoms with Crippen LogP contribution >= 0.6 is 7.82 Å². The van der Waals surface area contributed by atoms with Gasteiger partial charge in [0, 0.05) is 20.8 Å². The summed E-state index contributed by atoms with van der Waals surface area (Å²) >= 11 is 0. The SMILES string of the molecule is CNCCOP(=O)(O)OCC(COC)OC. The van der Waals surface area contributed by atoms with Gasteiger partial charge < -0.3 is 19.7 Å². The minimum absolute atomic E-state index is 0.0579. The summed E-state index contributed by atoms with van der Waals surface area (Å²) in [6, 6.07) is 0. The van der Waals surface area contributed by atoms with Crippen molar-refractivity contribution in [3.63, 3.8) is 0 Å². The molecule has 0 aromatic carbocycles. The lowest BCUT2D eigenvalue weighted by atomic mass is 10.4. The molecule has 0 aliphatic carbocycles. The van der Waals surface area contributed by atoms with Gasteiger partial charge in [-0.1, -0.05) is 0 Å². The second-order valence-corrected chi connectivity index (χ2v) is 4.47. The number of phosphoric acid groups is 1. The molecule has 0 aliphatic heterocycles. The van der Waals surface area contributed by atoms with Crippen LogP contribution < -0.4 is 5.32 Å². The van der Waals surface area contributed by atoms with E-state index in [9.17, 15) is 9.46 Å². The smallest absolute Gasteiger partial charge is 0.382 e. The van der Waals surface area contributed by atoms with Crippen LogP contribution in [0.5, 0.6) is 0 Å². The molecule has 8 heteroatoms. The van der Waals surface area contributed by atoms with Crippen LogP contribution in [0.4, 0.5) is 0 Å². The van der Waals surface area contributed by atoms with E-state index in [4.69, 9.17) is 14.0 Å². The molecule has 0 bridgehead atoms. The molecule has 0 aromatic heterocycles. The van der Waals surface area contributed by atoms with Crippen molar-refractivity contribution >= 4 is 7.82 Å². The zero-order valence-electron chi connectivity index (χ0n) is 9.84. The molecule has 0 amide bonds. The second kappa shape index (κ2) is 9.07. The quantitative estimate of drug-likeness (QED) is 0.421. The maximum atomic E-state index is 11.3. The molecule has 0 fully saturated rings. The van der Waals surface area contributed by atoms with Gasteiger partial charge in [0.15, 0.2) is 0 Å². The molecule has 0 aliphatic rings. The van der Waals surface area contributed by atoms with Crippen molar-refractivity contribution < 1.29 is 28.0 Å². The standard InChI is InChI=1S/C8H20NO6P/c1-9-4-5-14-16(10,11)15-7-8(13-3)6-12-2/h8-9H,4-7H2,1-3H3,(H,10,11). The summed E-state index contributed by atoms with van der Waals surface area (Å²) in [5, 5.41) is 2.78. The third-order valence-corrected chi connectivity index (χ3v) is 2.70. The zero-order valence-corrected chi connectivity index (χ0v) is 10.7. The van der Waals surface area contributed by atoms with E-state index in [1.807, 2.05) is 0 Å². The number of hydrogen-bond acceptors (Lipinski definition) is 6. The van der Waals surface area contributed by atoms with Gasteiger partial charge in [0.2, 0.25) is 0 Å². The maximum Gasteiger partial charge on any atom is 0.472 e. The predicted octanol–water partition coefficient (Wildman–Crippen LogP) is 0.000800. The van der Waals surface area contributed by atoms with Crippen LogP contribution in [0.3, 0.4) is 0 Å². The van der Waals surface area contributed by atoms with E-state index in [0.29, 0.717) is 6.54 Å². The van der Waals surface area contributed by atoms with E-state index in [-0.39, 0.29) is 19.8 Å². The highest BCUT2D eigenvalue weighted by Gasteiger charge is 2.22. The number of likely N-dealkylation sites (N-methyl/N-ethyl adjacent to an activating group) is 1.